The standard InChI is InChI=1S/C14H16N2O2S/c1-3-12-6-4-5-10(2)14(12)15-8-11-7-13(16(17)18)19-9-11/h4-7,9,15H,3,8H2,1-2H3. The molecule has 1 N–H and O–H groups in total. The molecule has 0 aliphatic rings. The number of para-hydroxylation sites is 1. The number of nitro groups is 1. The molecule has 0 amide bonds. The van der Waals surface area contributed by atoms with Crippen molar-refractivity contribution in [2.75, 3.05) is 5.32 Å². The predicted molar refractivity (Wildman–Crippen MR) is 78.9 cm³/mol. The smallest absolute Gasteiger partial charge is 0.324 e. The first kappa shape index (κ1) is 13.5. The van der Waals surface area contributed by atoms with Crippen LogP contribution in [0.5, 0.6) is 0 Å². The summed E-state index contributed by atoms with van der Waals surface area (Å²) in [4.78, 5) is 10.3. The number of hydrogen-bond acceptors (Lipinski definition) is 4. The first-order valence-electron chi connectivity index (χ1n) is 6.16. The van der Waals surface area contributed by atoms with Gasteiger partial charge < -0.3 is 5.32 Å². The SMILES string of the molecule is CCc1cccc(C)c1NCc1csc([N+](=O)[O-])c1. The number of anilines is 1. The molecule has 0 fully saturated rings. The molecule has 0 spiro atoms. The quantitative estimate of drug-likeness (QED) is 0.659. The fourth-order valence-corrected chi connectivity index (χ4v) is 2.75. The Labute approximate surface area is 116 Å². The van der Waals surface area contributed by atoms with Gasteiger partial charge in [-0.1, -0.05) is 36.5 Å². The molecular weight excluding hydrogens is 260 g/mol. The zero-order chi connectivity index (χ0) is 13.8. The highest BCUT2D eigenvalue weighted by Crippen LogP contribution is 2.25. The van der Waals surface area contributed by atoms with Crippen LogP contribution in [0.4, 0.5) is 10.7 Å². The normalized spacial score (nSPS) is 10.4. The number of aryl methyl sites for hydroxylation is 2. The maximum absolute atomic E-state index is 10.6. The van der Waals surface area contributed by atoms with Crippen molar-refractivity contribution < 1.29 is 4.92 Å². The van der Waals surface area contributed by atoms with Gasteiger partial charge in [-0.3, -0.25) is 10.1 Å². The van der Waals surface area contributed by atoms with Gasteiger partial charge in [0, 0.05) is 23.7 Å². The van der Waals surface area contributed by atoms with Gasteiger partial charge in [0.2, 0.25) is 0 Å². The molecule has 0 atom stereocenters. The van der Waals surface area contributed by atoms with Crippen LogP contribution in [0.25, 0.3) is 0 Å². The number of benzene rings is 1. The Morgan fingerprint density at radius 3 is 2.84 bits per heavy atom. The molecule has 5 heteroatoms. The Balaban J connectivity index is 2.12. The highest BCUT2D eigenvalue weighted by Gasteiger charge is 2.10. The van der Waals surface area contributed by atoms with Crippen LogP contribution in [0, 0.1) is 17.0 Å². The minimum Gasteiger partial charge on any atom is -0.380 e. The van der Waals surface area contributed by atoms with Gasteiger partial charge >= 0.3 is 5.00 Å². The molecule has 4 nitrogen and oxygen atoms in total. The van der Waals surface area contributed by atoms with Crippen LogP contribution in [0.1, 0.15) is 23.6 Å². The fraction of sp³-hybridized carbons (Fsp3) is 0.286. The molecule has 2 rings (SSSR count). The Hall–Kier alpha value is -1.88. The van der Waals surface area contributed by atoms with Crippen LogP contribution in [-0.4, -0.2) is 4.92 Å². The van der Waals surface area contributed by atoms with Crippen molar-refractivity contribution in [3.05, 3.63) is 56.5 Å². The van der Waals surface area contributed by atoms with Crippen molar-refractivity contribution in [1.29, 1.82) is 0 Å². The molecule has 0 aliphatic carbocycles. The van der Waals surface area contributed by atoms with Crippen LogP contribution in [0.3, 0.4) is 0 Å². The van der Waals surface area contributed by atoms with E-state index in [1.165, 1.54) is 22.5 Å². The summed E-state index contributed by atoms with van der Waals surface area (Å²) in [6.45, 7) is 4.80. The van der Waals surface area contributed by atoms with Gasteiger partial charge in [0.15, 0.2) is 0 Å². The first-order valence-corrected chi connectivity index (χ1v) is 7.04. The largest absolute Gasteiger partial charge is 0.380 e. The highest BCUT2D eigenvalue weighted by molar-refractivity contribution is 7.13. The van der Waals surface area contributed by atoms with Crippen molar-refractivity contribution >= 4 is 22.0 Å². The molecule has 1 aromatic carbocycles. The lowest BCUT2D eigenvalue weighted by Crippen LogP contribution is -2.03. The maximum Gasteiger partial charge on any atom is 0.324 e. The van der Waals surface area contributed by atoms with E-state index in [2.05, 4.69) is 37.4 Å². The van der Waals surface area contributed by atoms with Gasteiger partial charge in [-0.25, -0.2) is 0 Å². The minimum atomic E-state index is -0.348. The molecule has 100 valence electrons. The number of nitrogens with one attached hydrogen (secondary N) is 1. The summed E-state index contributed by atoms with van der Waals surface area (Å²) in [5, 5.41) is 16.0. The topological polar surface area (TPSA) is 55.2 Å². The summed E-state index contributed by atoms with van der Waals surface area (Å²) in [5.41, 5.74) is 4.55. The van der Waals surface area contributed by atoms with E-state index in [9.17, 15) is 10.1 Å². The zero-order valence-electron chi connectivity index (χ0n) is 11.0. The Bertz CT molecular complexity index is 593. The van der Waals surface area contributed by atoms with Gasteiger partial charge in [0.1, 0.15) is 0 Å². The summed E-state index contributed by atoms with van der Waals surface area (Å²) in [6.07, 6.45) is 0.966. The molecular formula is C14H16N2O2S. The van der Waals surface area contributed by atoms with E-state index in [4.69, 9.17) is 0 Å². The third-order valence-corrected chi connectivity index (χ3v) is 3.96. The van der Waals surface area contributed by atoms with Crippen molar-refractivity contribution in [2.45, 2.75) is 26.8 Å². The number of thiophene rings is 1. The average Bonchev–Trinajstić information content (AvgIpc) is 2.86. The Morgan fingerprint density at radius 1 is 1.42 bits per heavy atom. The lowest BCUT2D eigenvalue weighted by molar-refractivity contribution is -0.380. The molecule has 0 saturated carbocycles. The van der Waals surface area contributed by atoms with E-state index in [1.54, 1.807) is 6.07 Å². The fourth-order valence-electron chi connectivity index (χ4n) is 2.02. The van der Waals surface area contributed by atoms with E-state index >= 15 is 0 Å². The van der Waals surface area contributed by atoms with Crippen molar-refractivity contribution in [2.24, 2.45) is 0 Å². The lowest BCUT2D eigenvalue weighted by atomic mass is 10.1. The minimum absolute atomic E-state index is 0.192. The van der Waals surface area contributed by atoms with Crippen molar-refractivity contribution in [3.63, 3.8) is 0 Å². The summed E-state index contributed by atoms with van der Waals surface area (Å²) >= 11 is 1.17. The molecule has 1 aromatic heterocycles. The monoisotopic (exact) mass is 276 g/mol. The van der Waals surface area contributed by atoms with Crippen LogP contribution < -0.4 is 5.32 Å². The Morgan fingerprint density at radius 2 is 2.21 bits per heavy atom. The predicted octanol–water partition coefficient (Wildman–Crippen LogP) is 4.14. The number of nitrogens with zero attached hydrogens (tertiary/aromatic N) is 1. The zero-order valence-corrected chi connectivity index (χ0v) is 11.8. The van der Waals surface area contributed by atoms with E-state index in [-0.39, 0.29) is 9.92 Å². The molecule has 19 heavy (non-hydrogen) atoms. The summed E-state index contributed by atoms with van der Waals surface area (Å²) in [7, 11) is 0. The lowest BCUT2D eigenvalue weighted by Gasteiger charge is -2.13. The average molecular weight is 276 g/mol. The third-order valence-electron chi connectivity index (χ3n) is 3.03. The van der Waals surface area contributed by atoms with E-state index in [1.807, 2.05) is 5.38 Å². The number of hydrogen-bond donors (Lipinski definition) is 1. The van der Waals surface area contributed by atoms with Crippen LogP contribution in [-0.2, 0) is 13.0 Å². The second-order valence-electron chi connectivity index (χ2n) is 4.37. The van der Waals surface area contributed by atoms with Crippen LogP contribution >= 0.6 is 11.3 Å². The second kappa shape index (κ2) is 5.84. The van der Waals surface area contributed by atoms with E-state index < -0.39 is 0 Å². The molecule has 0 bridgehead atoms. The van der Waals surface area contributed by atoms with Crippen LogP contribution in [0.2, 0.25) is 0 Å². The van der Waals surface area contributed by atoms with E-state index in [0.717, 1.165) is 17.7 Å². The van der Waals surface area contributed by atoms with Crippen LogP contribution in [0.15, 0.2) is 29.6 Å². The molecule has 0 aliphatic heterocycles. The molecule has 0 unspecified atom stereocenters. The van der Waals surface area contributed by atoms with Crippen molar-refractivity contribution in [1.82, 2.24) is 0 Å². The van der Waals surface area contributed by atoms with Gasteiger partial charge in [-0.2, -0.15) is 0 Å². The van der Waals surface area contributed by atoms with Gasteiger partial charge in [0.25, 0.3) is 0 Å². The van der Waals surface area contributed by atoms with Gasteiger partial charge in [-0.05, 0) is 30.0 Å². The first-order chi connectivity index (χ1) is 9.11. The molecule has 0 saturated heterocycles. The second-order valence-corrected chi connectivity index (χ2v) is 5.26. The highest BCUT2D eigenvalue weighted by atomic mass is 32.1. The molecule has 1 heterocycles. The van der Waals surface area contributed by atoms with Gasteiger partial charge in [-0.15, -0.1) is 0 Å². The number of rotatable bonds is 5. The van der Waals surface area contributed by atoms with Crippen molar-refractivity contribution in [3.8, 4) is 0 Å². The Kier molecular flexibility index (Phi) is 4.16. The maximum atomic E-state index is 10.6. The summed E-state index contributed by atoms with van der Waals surface area (Å²) in [6, 6.07) is 7.85. The molecule has 0 radical (unpaired) electrons. The van der Waals surface area contributed by atoms with Gasteiger partial charge in [0.05, 0.1) is 4.92 Å². The summed E-state index contributed by atoms with van der Waals surface area (Å²) < 4.78 is 0. The van der Waals surface area contributed by atoms with E-state index in [0.29, 0.717) is 6.54 Å². The third kappa shape index (κ3) is 3.12. The summed E-state index contributed by atoms with van der Waals surface area (Å²) in [5.74, 6) is 0. The molecule has 2 aromatic rings.